The second-order valence-electron chi connectivity index (χ2n) is 5.66. The van der Waals surface area contributed by atoms with Crippen molar-refractivity contribution in [3.63, 3.8) is 0 Å². The minimum absolute atomic E-state index is 0.452. The molecule has 3 rings (SSSR count). The summed E-state index contributed by atoms with van der Waals surface area (Å²) in [5.41, 5.74) is 1.78. The number of aryl methyl sites for hydroxylation is 1. The van der Waals surface area contributed by atoms with Gasteiger partial charge in [-0.1, -0.05) is 18.2 Å². The monoisotopic (exact) mass is 425 g/mol. The third-order valence-corrected chi connectivity index (χ3v) is 4.12. The maximum Gasteiger partial charge on any atom is 0.326 e. The number of hydrogen-bond donors (Lipinski definition) is 2. The fraction of sp³-hybridized carbons (Fsp3) is 0.0500. The first-order chi connectivity index (χ1) is 13.0. The van der Waals surface area contributed by atoms with Crippen LogP contribution >= 0.6 is 15.9 Å². The summed E-state index contributed by atoms with van der Waals surface area (Å²) < 4.78 is 6.48. The lowest BCUT2D eigenvalue weighted by Crippen LogP contribution is -2.34. The third kappa shape index (κ3) is 5.15. The molecule has 0 atom stereocenters. The van der Waals surface area contributed by atoms with Crippen LogP contribution in [-0.2, 0) is 0 Å². The molecule has 0 aliphatic carbocycles. The number of urea groups is 1. The SMILES string of the molecule is Cc1ccccc1C(=O)NC(=O)Nc1ccc(Oc2ccc(Br)cn2)cc1. The molecule has 27 heavy (non-hydrogen) atoms. The van der Waals surface area contributed by atoms with Crippen molar-refractivity contribution in [3.8, 4) is 11.6 Å². The molecule has 3 amide bonds. The highest BCUT2D eigenvalue weighted by Gasteiger charge is 2.12. The summed E-state index contributed by atoms with van der Waals surface area (Å²) in [6.07, 6.45) is 1.64. The Hall–Kier alpha value is -3.19. The number of rotatable bonds is 4. The summed E-state index contributed by atoms with van der Waals surface area (Å²) in [6.45, 7) is 1.81. The standard InChI is InChI=1S/C20H16BrN3O3/c1-13-4-2-3-5-17(13)19(25)24-20(26)23-15-7-9-16(10-8-15)27-18-11-6-14(21)12-22-18/h2-12H,1H3,(H2,23,24,25,26). The molecule has 0 aliphatic heterocycles. The number of carbonyl (C=O) groups excluding carboxylic acids is 2. The number of ether oxygens (including phenoxy) is 1. The number of anilines is 1. The van der Waals surface area contributed by atoms with E-state index < -0.39 is 11.9 Å². The number of pyridine rings is 1. The average Bonchev–Trinajstić information content (AvgIpc) is 2.65. The van der Waals surface area contributed by atoms with E-state index in [9.17, 15) is 9.59 Å². The Balaban J connectivity index is 1.57. The first-order valence-electron chi connectivity index (χ1n) is 8.09. The van der Waals surface area contributed by atoms with Crippen molar-refractivity contribution < 1.29 is 14.3 Å². The molecule has 6 nitrogen and oxygen atoms in total. The van der Waals surface area contributed by atoms with Gasteiger partial charge in [-0.25, -0.2) is 9.78 Å². The number of halogens is 1. The molecule has 1 aromatic heterocycles. The fourth-order valence-electron chi connectivity index (χ4n) is 2.31. The molecule has 2 N–H and O–H groups in total. The smallest absolute Gasteiger partial charge is 0.326 e. The maximum absolute atomic E-state index is 12.1. The highest BCUT2D eigenvalue weighted by molar-refractivity contribution is 9.10. The summed E-state index contributed by atoms with van der Waals surface area (Å²) in [5.74, 6) is 0.583. The predicted octanol–water partition coefficient (Wildman–Crippen LogP) is 4.91. The number of nitrogens with zero attached hydrogens (tertiary/aromatic N) is 1. The summed E-state index contributed by atoms with van der Waals surface area (Å²) in [7, 11) is 0. The Labute approximate surface area is 164 Å². The van der Waals surface area contributed by atoms with Crippen LogP contribution in [0.25, 0.3) is 0 Å². The molecule has 7 heteroatoms. The Kier molecular flexibility index (Phi) is 5.83. The van der Waals surface area contributed by atoms with Gasteiger partial charge < -0.3 is 10.1 Å². The van der Waals surface area contributed by atoms with Gasteiger partial charge >= 0.3 is 6.03 Å². The average molecular weight is 426 g/mol. The van der Waals surface area contributed by atoms with Crippen LogP contribution in [0.3, 0.4) is 0 Å². The maximum atomic E-state index is 12.1. The lowest BCUT2D eigenvalue weighted by Gasteiger charge is -2.09. The van der Waals surface area contributed by atoms with Crippen LogP contribution in [0.1, 0.15) is 15.9 Å². The molecule has 0 radical (unpaired) electrons. The Morgan fingerprint density at radius 1 is 1.00 bits per heavy atom. The number of aromatic nitrogens is 1. The number of benzene rings is 2. The second kappa shape index (κ2) is 8.46. The molecule has 0 bridgehead atoms. The van der Waals surface area contributed by atoms with Gasteiger partial charge in [-0.3, -0.25) is 10.1 Å². The Bertz CT molecular complexity index is 957. The molecular weight excluding hydrogens is 410 g/mol. The minimum Gasteiger partial charge on any atom is -0.439 e. The van der Waals surface area contributed by atoms with Crippen LogP contribution in [0.5, 0.6) is 11.6 Å². The third-order valence-electron chi connectivity index (χ3n) is 3.65. The number of imide groups is 1. The van der Waals surface area contributed by atoms with Crippen molar-refractivity contribution >= 4 is 33.6 Å². The van der Waals surface area contributed by atoms with Gasteiger partial charge in [0.25, 0.3) is 5.91 Å². The summed E-state index contributed by atoms with van der Waals surface area (Å²) in [6, 6.07) is 16.8. The van der Waals surface area contributed by atoms with Crippen molar-refractivity contribution in [2.24, 2.45) is 0 Å². The lowest BCUT2D eigenvalue weighted by molar-refractivity contribution is 0.0966. The van der Waals surface area contributed by atoms with Gasteiger partial charge in [0.1, 0.15) is 5.75 Å². The van der Waals surface area contributed by atoms with E-state index >= 15 is 0 Å². The quantitative estimate of drug-likeness (QED) is 0.622. The first kappa shape index (κ1) is 18.6. The topological polar surface area (TPSA) is 80.3 Å². The highest BCUT2D eigenvalue weighted by Crippen LogP contribution is 2.22. The van der Waals surface area contributed by atoms with Crippen molar-refractivity contribution in [2.45, 2.75) is 6.92 Å². The van der Waals surface area contributed by atoms with Crippen LogP contribution in [-0.4, -0.2) is 16.9 Å². The van der Waals surface area contributed by atoms with Crippen LogP contribution in [0, 0.1) is 6.92 Å². The van der Waals surface area contributed by atoms with Gasteiger partial charge in [0.15, 0.2) is 0 Å². The minimum atomic E-state index is -0.605. The normalized spacial score (nSPS) is 10.1. The van der Waals surface area contributed by atoms with E-state index in [-0.39, 0.29) is 0 Å². The number of hydrogen-bond acceptors (Lipinski definition) is 4. The van der Waals surface area contributed by atoms with E-state index in [1.165, 1.54) is 0 Å². The number of nitrogens with one attached hydrogen (secondary N) is 2. The van der Waals surface area contributed by atoms with Crippen molar-refractivity contribution in [3.05, 3.63) is 82.5 Å². The molecule has 0 aliphatic rings. The largest absolute Gasteiger partial charge is 0.439 e. The molecule has 0 saturated heterocycles. The Morgan fingerprint density at radius 2 is 1.74 bits per heavy atom. The van der Waals surface area contributed by atoms with Crippen LogP contribution in [0.2, 0.25) is 0 Å². The summed E-state index contributed by atoms with van der Waals surface area (Å²) in [4.78, 5) is 28.3. The molecule has 3 aromatic rings. The fourth-order valence-corrected chi connectivity index (χ4v) is 2.54. The van der Waals surface area contributed by atoms with E-state index in [0.717, 1.165) is 10.0 Å². The molecular formula is C20H16BrN3O3. The van der Waals surface area contributed by atoms with E-state index in [4.69, 9.17) is 4.74 Å². The van der Waals surface area contributed by atoms with Crippen LogP contribution in [0.4, 0.5) is 10.5 Å². The molecule has 0 unspecified atom stereocenters. The van der Waals surface area contributed by atoms with Gasteiger partial charge in [0.05, 0.1) is 0 Å². The van der Waals surface area contributed by atoms with Crippen LogP contribution in [0.15, 0.2) is 71.3 Å². The van der Waals surface area contributed by atoms with Crippen molar-refractivity contribution in [2.75, 3.05) is 5.32 Å². The zero-order chi connectivity index (χ0) is 19.2. The zero-order valence-corrected chi connectivity index (χ0v) is 16.0. The first-order valence-corrected chi connectivity index (χ1v) is 8.88. The van der Waals surface area contributed by atoms with E-state index in [1.807, 2.05) is 25.1 Å². The van der Waals surface area contributed by atoms with Crippen molar-refractivity contribution in [1.29, 1.82) is 0 Å². The van der Waals surface area contributed by atoms with Crippen molar-refractivity contribution in [1.82, 2.24) is 10.3 Å². The van der Waals surface area contributed by atoms with E-state index in [0.29, 0.717) is 22.9 Å². The van der Waals surface area contributed by atoms with Crippen LogP contribution < -0.4 is 15.4 Å². The van der Waals surface area contributed by atoms with E-state index in [1.54, 1.807) is 48.7 Å². The number of amides is 3. The van der Waals surface area contributed by atoms with Gasteiger partial charge in [-0.15, -0.1) is 0 Å². The summed E-state index contributed by atoms with van der Waals surface area (Å²) >= 11 is 3.31. The Morgan fingerprint density at radius 3 is 2.41 bits per heavy atom. The van der Waals surface area contributed by atoms with Gasteiger partial charge in [0, 0.05) is 28.0 Å². The predicted molar refractivity (Wildman–Crippen MR) is 106 cm³/mol. The molecule has 0 fully saturated rings. The lowest BCUT2D eigenvalue weighted by atomic mass is 10.1. The molecule has 2 aromatic carbocycles. The molecule has 1 heterocycles. The summed E-state index contributed by atoms with van der Waals surface area (Å²) in [5, 5.41) is 4.92. The molecule has 0 saturated carbocycles. The number of carbonyl (C=O) groups is 2. The molecule has 136 valence electrons. The highest BCUT2D eigenvalue weighted by atomic mass is 79.9. The van der Waals surface area contributed by atoms with Gasteiger partial charge in [0.2, 0.25) is 5.88 Å². The van der Waals surface area contributed by atoms with Gasteiger partial charge in [-0.2, -0.15) is 0 Å². The second-order valence-corrected chi connectivity index (χ2v) is 6.58. The zero-order valence-electron chi connectivity index (χ0n) is 14.4. The van der Waals surface area contributed by atoms with Gasteiger partial charge in [-0.05, 0) is 64.8 Å². The molecule has 0 spiro atoms. The van der Waals surface area contributed by atoms with E-state index in [2.05, 4.69) is 31.5 Å².